The lowest BCUT2D eigenvalue weighted by atomic mass is 10.1. The first-order valence-electron chi connectivity index (χ1n) is 10.5. The number of rotatable bonds is 9. The Morgan fingerprint density at radius 1 is 1.06 bits per heavy atom. The SMILES string of the molecule is O=c1[nH]c(NCCc2c[nH]c3ccccc23)c(-c2ccc[nH]2)n1CCCn1ccnc1. The van der Waals surface area contributed by atoms with Crippen LogP contribution in [0.15, 0.2) is 72.3 Å². The van der Waals surface area contributed by atoms with Crippen molar-refractivity contribution >= 4 is 16.7 Å². The number of hydrogen-bond donors (Lipinski definition) is 4. The van der Waals surface area contributed by atoms with E-state index in [0.29, 0.717) is 13.1 Å². The molecule has 0 fully saturated rings. The van der Waals surface area contributed by atoms with E-state index in [9.17, 15) is 4.79 Å². The standard InChI is InChI=1S/C23H25N7O/c31-23-28-22(26-10-8-17-15-27-19-6-2-1-5-18(17)19)21(20-7-3-9-25-20)30(23)13-4-12-29-14-11-24-16-29/h1-3,5-7,9,11,14-16,25-27H,4,8,10,12-13H2,(H,28,31). The fraction of sp³-hybridized carbons (Fsp3) is 0.217. The van der Waals surface area contributed by atoms with Gasteiger partial charge in [-0.25, -0.2) is 9.78 Å². The summed E-state index contributed by atoms with van der Waals surface area (Å²) in [6, 6.07) is 12.2. The number of hydrogen-bond acceptors (Lipinski definition) is 3. The summed E-state index contributed by atoms with van der Waals surface area (Å²) in [5, 5.41) is 4.68. The second kappa shape index (κ2) is 8.43. The molecule has 0 aliphatic carbocycles. The zero-order chi connectivity index (χ0) is 21.0. The van der Waals surface area contributed by atoms with Crippen molar-refractivity contribution in [2.75, 3.05) is 11.9 Å². The van der Waals surface area contributed by atoms with Gasteiger partial charge in [0.05, 0.1) is 12.0 Å². The van der Waals surface area contributed by atoms with Crippen LogP contribution in [0.2, 0.25) is 0 Å². The van der Waals surface area contributed by atoms with Gasteiger partial charge in [0.25, 0.3) is 0 Å². The van der Waals surface area contributed by atoms with Gasteiger partial charge >= 0.3 is 5.69 Å². The second-order valence-corrected chi connectivity index (χ2v) is 7.58. The van der Waals surface area contributed by atoms with Gasteiger partial charge in [-0.3, -0.25) is 9.55 Å². The molecule has 0 unspecified atom stereocenters. The van der Waals surface area contributed by atoms with E-state index in [1.165, 1.54) is 10.9 Å². The summed E-state index contributed by atoms with van der Waals surface area (Å²) < 4.78 is 3.82. The molecule has 0 radical (unpaired) electrons. The predicted octanol–water partition coefficient (Wildman–Crippen LogP) is 3.59. The highest BCUT2D eigenvalue weighted by Gasteiger charge is 2.16. The molecule has 0 aliphatic rings. The Hall–Kier alpha value is -3.94. The van der Waals surface area contributed by atoms with Crippen LogP contribution in [0.4, 0.5) is 5.82 Å². The Bertz CT molecular complexity index is 1310. The maximum atomic E-state index is 12.7. The molecule has 0 bridgehead atoms. The lowest BCUT2D eigenvalue weighted by Crippen LogP contribution is -2.18. The molecule has 158 valence electrons. The van der Waals surface area contributed by atoms with Crippen molar-refractivity contribution in [1.29, 1.82) is 0 Å². The van der Waals surface area contributed by atoms with Crippen molar-refractivity contribution in [2.45, 2.75) is 25.9 Å². The Morgan fingerprint density at radius 2 is 2.00 bits per heavy atom. The summed E-state index contributed by atoms with van der Waals surface area (Å²) in [7, 11) is 0. The van der Waals surface area contributed by atoms with Crippen LogP contribution in [0.5, 0.6) is 0 Å². The highest BCUT2D eigenvalue weighted by molar-refractivity contribution is 5.83. The fourth-order valence-electron chi connectivity index (χ4n) is 4.06. The topological polar surface area (TPSA) is 99.2 Å². The fourth-order valence-corrected chi connectivity index (χ4v) is 4.06. The van der Waals surface area contributed by atoms with E-state index >= 15 is 0 Å². The minimum Gasteiger partial charge on any atom is -0.369 e. The summed E-state index contributed by atoms with van der Waals surface area (Å²) in [5.41, 5.74) is 4.06. The van der Waals surface area contributed by atoms with Crippen molar-refractivity contribution in [1.82, 2.24) is 29.1 Å². The molecule has 31 heavy (non-hydrogen) atoms. The maximum absolute atomic E-state index is 12.7. The Balaban J connectivity index is 1.33. The van der Waals surface area contributed by atoms with Gasteiger partial charge in [0.1, 0.15) is 11.5 Å². The number of H-pyrrole nitrogens is 3. The highest BCUT2D eigenvalue weighted by atomic mass is 16.1. The normalized spacial score (nSPS) is 11.4. The number of aromatic nitrogens is 6. The van der Waals surface area contributed by atoms with E-state index in [-0.39, 0.29) is 5.69 Å². The molecular formula is C23H25N7O. The molecule has 4 N–H and O–H groups in total. The predicted molar refractivity (Wildman–Crippen MR) is 122 cm³/mol. The van der Waals surface area contributed by atoms with Gasteiger partial charge in [-0.05, 0) is 36.6 Å². The first-order chi connectivity index (χ1) is 15.3. The molecule has 8 heteroatoms. The third-order valence-corrected chi connectivity index (χ3v) is 5.57. The average molecular weight is 416 g/mol. The van der Waals surface area contributed by atoms with E-state index in [4.69, 9.17) is 0 Å². The lowest BCUT2D eigenvalue weighted by molar-refractivity contribution is 0.556. The van der Waals surface area contributed by atoms with Crippen molar-refractivity contribution in [3.63, 3.8) is 0 Å². The van der Waals surface area contributed by atoms with E-state index in [1.807, 2.05) is 35.2 Å². The molecule has 0 atom stereocenters. The molecule has 4 aromatic heterocycles. The van der Waals surface area contributed by atoms with Gasteiger partial charge in [0.2, 0.25) is 0 Å². The molecule has 5 aromatic rings. The van der Waals surface area contributed by atoms with Gasteiger partial charge in [0.15, 0.2) is 0 Å². The minimum atomic E-state index is -0.107. The quantitative estimate of drug-likeness (QED) is 0.296. The maximum Gasteiger partial charge on any atom is 0.327 e. The van der Waals surface area contributed by atoms with Crippen LogP contribution >= 0.6 is 0 Å². The van der Waals surface area contributed by atoms with Crippen LogP contribution < -0.4 is 11.0 Å². The van der Waals surface area contributed by atoms with Crippen LogP contribution in [0.3, 0.4) is 0 Å². The number of nitrogens with one attached hydrogen (secondary N) is 4. The average Bonchev–Trinajstić information content (AvgIpc) is 3.57. The first-order valence-corrected chi connectivity index (χ1v) is 10.5. The van der Waals surface area contributed by atoms with E-state index in [1.54, 1.807) is 17.1 Å². The van der Waals surface area contributed by atoms with Gasteiger partial charge < -0.3 is 19.9 Å². The smallest absolute Gasteiger partial charge is 0.327 e. The number of para-hydroxylation sites is 1. The van der Waals surface area contributed by atoms with E-state index in [2.05, 4.69) is 49.6 Å². The Morgan fingerprint density at radius 3 is 2.84 bits per heavy atom. The van der Waals surface area contributed by atoms with Crippen LogP contribution in [-0.2, 0) is 19.5 Å². The minimum absolute atomic E-state index is 0.107. The third kappa shape index (κ3) is 3.92. The van der Waals surface area contributed by atoms with Crippen LogP contribution in [0, 0.1) is 0 Å². The zero-order valence-electron chi connectivity index (χ0n) is 17.1. The molecule has 0 aliphatic heterocycles. The Labute approximate surface area is 179 Å². The molecule has 0 saturated carbocycles. The number of nitrogens with zero attached hydrogens (tertiary/aromatic N) is 3. The van der Waals surface area contributed by atoms with E-state index in [0.717, 1.165) is 42.1 Å². The summed E-state index contributed by atoms with van der Waals surface area (Å²) in [6.45, 7) is 2.14. The summed E-state index contributed by atoms with van der Waals surface area (Å²) in [6.07, 6.45) is 11.1. The molecule has 4 heterocycles. The van der Waals surface area contributed by atoms with Crippen molar-refractivity contribution in [3.8, 4) is 11.4 Å². The van der Waals surface area contributed by atoms with Crippen LogP contribution in [-0.4, -0.2) is 35.6 Å². The van der Waals surface area contributed by atoms with Gasteiger partial charge in [0, 0.05) is 55.3 Å². The Kier molecular flexibility index (Phi) is 5.18. The number of anilines is 1. The number of benzene rings is 1. The molecule has 5 rings (SSSR count). The van der Waals surface area contributed by atoms with E-state index < -0.39 is 0 Å². The van der Waals surface area contributed by atoms with Crippen LogP contribution in [0.1, 0.15) is 12.0 Å². The second-order valence-electron chi connectivity index (χ2n) is 7.58. The largest absolute Gasteiger partial charge is 0.369 e. The highest BCUT2D eigenvalue weighted by Crippen LogP contribution is 2.25. The first kappa shape index (κ1) is 19.0. The number of aromatic amines is 3. The van der Waals surface area contributed by atoms with Crippen molar-refractivity contribution < 1.29 is 0 Å². The number of fused-ring (bicyclic) bond motifs is 1. The molecule has 0 spiro atoms. The van der Waals surface area contributed by atoms with Gasteiger partial charge in [-0.2, -0.15) is 0 Å². The van der Waals surface area contributed by atoms with Gasteiger partial charge in [-0.15, -0.1) is 0 Å². The molecule has 8 nitrogen and oxygen atoms in total. The third-order valence-electron chi connectivity index (χ3n) is 5.57. The molecule has 0 saturated heterocycles. The lowest BCUT2D eigenvalue weighted by Gasteiger charge is -2.10. The number of aryl methyl sites for hydroxylation is 1. The summed E-state index contributed by atoms with van der Waals surface area (Å²) >= 11 is 0. The van der Waals surface area contributed by atoms with Crippen molar-refractivity contribution in [3.05, 3.63) is 83.6 Å². The van der Waals surface area contributed by atoms with Crippen LogP contribution in [0.25, 0.3) is 22.3 Å². The van der Waals surface area contributed by atoms with Gasteiger partial charge in [-0.1, -0.05) is 18.2 Å². The van der Waals surface area contributed by atoms with Crippen molar-refractivity contribution in [2.24, 2.45) is 0 Å². The number of imidazole rings is 2. The summed E-state index contributed by atoms with van der Waals surface area (Å²) in [4.78, 5) is 26.4. The summed E-state index contributed by atoms with van der Waals surface area (Å²) in [5.74, 6) is 0.745. The molecule has 0 amide bonds. The zero-order valence-corrected chi connectivity index (χ0v) is 17.1. The molecular weight excluding hydrogens is 390 g/mol. The monoisotopic (exact) mass is 415 g/mol. The molecule has 1 aromatic carbocycles.